The molecule has 0 amide bonds. The Balaban J connectivity index is 2.92. The summed E-state index contributed by atoms with van der Waals surface area (Å²) in [6.45, 7) is 8.22. The molecule has 0 saturated carbocycles. The van der Waals surface area contributed by atoms with Crippen molar-refractivity contribution in [2.24, 2.45) is 5.41 Å². The van der Waals surface area contributed by atoms with Crippen molar-refractivity contribution in [3.8, 4) is 0 Å². The Morgan fingerprint density at radius 1 is 1.60 bits per heavy atom. The largest absolute Gasteiger partial charge is 0.132 e. The Hall–Kier alpha value is -0.870. The molecule has 0 aliphatic heterocycles. The maximum atomic E-state index is 4.02. The Morgan fingerprint density at radius 2 is 2.30 bits per heavy atom. The molecule has 0 aromatic heterocycles. The van der Waals surface area contributed by atoms with E-state index in [1.165, 1.54) is 5.57 Å². The van der Waals surface area contributed by atoms with Gasteiger partial charge in [-0.05, 0) is 26.3 Å². The van der Waals surface area contributed by atoms with Gasteiger partial charge in [0.2, 0.25) is 0 Å². The van der Waals surface area contributed by atoms with Gasteiger partial charge in [-0.3, -0.25) is 0 Å². The average molecular weight is 133 g/mol. The lowest BCUT2D eigenvalue weighted by molar-refractivity contribution is 0.590. The lowest BCUT2D eigenvalue weighted by Gasteiger charge is -2.11. The SMILES string of the molecule is [CH2+]C(C)(C)C1=C=CCC=C1. The van der Waals surface area contributed by atoms with Crippen LogP contribution in [0.15, 0.2) is 29.5 Å². The molecule has 0 heteroatoms. The first-order valence-electron chi connectivity index (χ1n) is 3.58. The third-order valence-electron chi connectivity index (χ3n) is 1.53. The average Bonchev–Trinajstić information content (AvgIpc) is 1.88. The zero-order chi connectivity index (χ0) is 7.61. The van der Waals surface area contributed by atoms with Crippen LogP contribution in [0.1, 0.15) is 20.3 Å². The Kier molecular flexibility index (Phi) is 1.74. The monoisotopic (exact) mass is 133 g/mol. The fraction of sp³-hybridized carbons (Fsp3) is 0.400. The molecular weight excluding hydrogens is 120 g/mol. The molecule has 0 radical (unpaired) electrons. The standard InChI is InChI=1S/C10H13/c1-10(2,3)9-7-5-4-6-8-9/h5-7H,1,4H2,2-3H3/q+1. The smallest absolute Gasteiger partial charge is 0.116 e. The molecule has 1 aliphatic rings. The molecule has 0 saturated heterocycles. The van der Waals surface area contributed by atoms with E-state index in [0.29, 0.717) is 0 Å². The summed E-state index contributed by atoms with van der Waals surface area (Å²) in [5.74, 6) is 0. The Morgan fingerprint density at radius 3 is 2.60 bits per heavy atom. The minimum atomic E-state index is 0.00736. The zero-order valence-electron chi connectivity index (χ0n) is 6.65. The van der Waals surface area contributed by atoms with Gasteiger partial charge in [0.25, 0.3) is 0 Å². The molecule has 0 N–H and O–H groups in total. The van der Waals surface area contributed by atoms with E-state index < -0.39 is 0 Å². The molecule has 0 heterocycles. The van der Waals surface area contributed by atoms with E-state index in [9.17, 15) is 0 Å². The first-order valence-corrected chi connectivity index (χ1v) is 3.58. The molecular formula is C10H13+. The third kappa shape index (κ3) is 1.55. The number of hydrogen-bond donors (Lipinski definition) is 0. The lowest BCUT2D eigenvalue weighted by Crippen LogP contribution is -2.07. The lowest BCUT2D eigenvalue weighted by atomic mass is 9.85. The maximum absolute atomic E-state index is 4.02. The highest BCUT2D eigenvalue weighted by Crippen LogP contribution is 2.25. The van der Waals surface area contributed by atoms with Crippen molar-refractivity contribution in [3.63, 3.8) is 0 Å². The third-order valence-corrected chi connectivity index (χ3v) is 1.53. The van der Waals surface area contributed by atoms with Crippen LogP contribution in [0.3, 0.4) is 0 Å². The highest BCUT2D eigenvalue weighted by molar-refractivity contribution is 5.29. The van der Waals surface area contributed by atoms with Gasteiger partial charge in [-0.1, -0.05) is 12.2 Å². The number of allylic oxidation sites excluding steroid dienone is 3. The van der Waals surface area contributed by atoms with Crippen molar-refractivity contribution >= 4 is 0 Å². The van der Waals surface area contributed by atoms with E-state index in [1.54, 1.807) is 0 Å². The van der Waals surface area contributed by atoms with Gasteiger partial charge in [0, 0.05) is 5.57 Å². The van der Waals surface area contributed by atoms with Crippen molar-refractivity contribution in [1.82, 2.24) is 0 Å². The highest BCUT2D eigenvalue weighted by atomic mass is 14.2. The van der Waals surface area contributed by atoms with Crippen LogP contribution < -0.4 is 0 Å². The minimum absolute atomic E-state index is 0.00736. The summed E-state index contributed by atoms with van der Waals surface area (Å²) in [5.41, 5.74) is 4.40. The summed E-state index contributed by atoms with van der Waals surface area (Å²) in [5, 5.41) is 0. The van der Waals surface area contributed by atoms with Gasteiger partial charge >= 0.3 is 0 Å². The molecule has 0 bridgehead atoms. The molecule has 0 unspecified atom stereocenters. The first-order chi connectivity index (χ1) is 4.61. The first kappa shape index (κ1) is 7.24. The second kappa shape index (κ2) is 2.40. The summed E-state index contributed by atoms with van der Waals surface area (Å²) >= 11 is 0. The van der Waals surface area contributed by atoms with Crippen molar-refractivity contribution < 1.29 is 0 Å². The quantitative estimate of drug-likeness (QED) is 0.381. The summed E-state index contributed by atoms with van der Waals surface area (Å²) in [4.78, 5) is 0. The van der Waals surface area contributed by atoms with Gasteiger partial charge in [-0.15, -0.1) is 5.73 Å². The van der Waals surface area contributed by atoms with E-state index in [0.717, 1.165) is 6.42 Å². The van der Waals surface area contributed by atoms with Crippen LogP contribution in [-0.4, -0.2) is 0 Å². The van der Waals surface area contributed by atoms with E-state index in [4.69, 9.17) is 0 Å². The van der Waals surface area contributed by atoms with Gasteiger partial charge < -0.3 is 0 Å². The van der Waals surface area contributed by atoms with E-state index in [2.05, 4.69) is 38.7 Å². The molecule has 52 valence electrons. The molecule has 0 fully saturated rings. The summed E-state index contributed by atoms with van der Waals surface area (Å²) in [6.07, 6.45) is 7.30. The minimum Gasteiger partial charge on any atom is -0.116 e. The normalized spacial score (nSPS) is 17.2. The van der Waals surface area contributed by atoms with Crippen LogP contribution >= 0.6 is 0 Å². The molecule has 0 aromatic carbocycles. The van der Waals surface area contributed by atoms with E-state index >= 15 is 0 Å². The van der Waals surface area contributed by atoms with Crippen LogP contribution in [0.4, 0.5) is 0 Å². The van der Waals surface area contributed by atoms with Crippen molar-refractivity contribution in [2.75, 3.05) is 0 Å². The fourth-order valence-corrected chi connectivity index (χ4v) is 0.892. The predicted molar refractivity (Wildman–Crippen MR) is 44.5 cm³/mol. The molecule has 0 nitrogen and oxygen atoms in total. The molecule has 0 atom stereocenters. The van der Waals surface area contributed by atoms with Crippen LogP contribution in [0.2, 0.25) is 0 Å². The maximum Gasteiger partial charge on any atom is 0.132 e. The van der Waals surface area contributed by atoms with Gasteiger partial charge in [0.05, 0.1) is 6.92 Å². The second-order valence-corrected chi connectivity index (χ2v) is 3.28. The molecule has 0 aromatic rings. The van der Waals surface area contributed by atoms with Gasteiger partial charge in [0.15, 0.2) is 0 Å². The van der Waals surface area contributed by atoms with Crippen LogP contribution in [0.5, 0.6) is 0 Å². The predicted octanol–water partition coefficient (Wildman–Crippen LogP) is 2.89. The Labute approximate surface area is 62.9 Å². The molecule has 0 spiro atoms. The second-order valence-electron chi connectivity index (χ2n) is 3.28. The van der Waals surface area contributed by atoms with E-state index in [-0.39, 0.29) is 5.41 Å². The molecule has 1 aliphatic carbocycles. The van der Waals surface area contributed by atoms with Crippen molar-refractivity contribution in [2.45, 2.75) is 20.3 Å². The van der Waals surface area contributed by atoms with Crippen LogP contribution in [0, 0.1) is 12.3 Å². The molecule has 1 rings (SSSR count). The van der Waals surface area contributed by atoms with Crippen molar-refractivity contribution in [3.05, 3.63) is 36.5 Å². The summed E-state index contributed by atoms with van der Waals surface area (Å²) < 4.78 is 0. The molecule has 10 heavy (non-hydrogen) atoms. The van der Waals surface area contributed by atoms with E-state index in [1.807, 2.05) is 6.08 Å². The van der Waals surface area contributed by atoms with Crippen LogP contribution in [0.25, 0.3) is 0 Å². The number of hydrogen-bond acceptors (Lipinski definition) is 0. The summed E-state index contributed by atoms with van der Waals surface area (Å²) in [7, 11) is 0. The van der Waals surface area contributed by atoms with Gasteiger partial charge in [-0.2, -0.15) is 0 Å². The van der Waals surface area contributed by atoms with Crippen molar-refractivity contribution in [1.29, 1.82) is 0 Å². The zero-order valence-corrected chi connectivity index (χ0v) is 6.65. The highest BCUT2D eigenvalue weighted by Gasteiger charge is 2.22. The number of rotatable bonds is 1. The van der Waals surface area contributed by atoms with Gasteiger partial charge in [-0.25, -0.2) is 0 Å². The fourth-order valence-electron chi connectivity index (χ4n) is 0.892. The topological polar surface area (TPSA) is 0 Å². The summed E-state index contributed by atoms with van der Waals surface area (Å²) in [6, 6.07) is 0. The van der Waals surface area contributed by atoms with Gasteiger partial charge in [0.1, 0.15) is 5.41 Å². The Bertz CT molecular complexity index is 205. The van der Waals surface area contributed by atoms with Crippen LogP contribution in [-0.2, 0) is 0 Å².